The van der Waals surface area contributed by atoms with Crippen LogP contribution in [0.1, 0.15) is 27.7 Å². The lowest BCUT2D eigenvalue weighted by Gasteiger charge is -2.24. The Morgan fingerprint density at radius 2 is 1.09 bits per heavy atom. The van der Waals surface area contributed by atoms with Crippen LogP contribution in [0.2, 0.25) is 5.28 Å². The molecule has 0 saturated heterocycles. The van der Waals surface area contributed by atoms with Crippen LogP contribution in [0.4, 0.5) is 34.6 Å². The van der Waals surface area contributed by atoms with Crippen LogP contribution in [0, 0.1) is 0 Å². The van der Waals surface area contributed by atoms with Gasteiger partial charge in [0.1, 0.15) is 11.5 Å². The molecular weight excluding hydrogens is 466 g/mol. The summed E-state index contributed by atoms with van der Waals surface area (Å²) in [7, 11) is 3.34. The Kier molecular flexibility index (Phi) is 9.19. The van der Waals surface area contributed by atoms with E-state index in [1.165, 1.54) is 0 Å². The minimum Gasteiger partial charge on any atom is -0.495 e. The molecule has 10 heteroatoms. The van der Waals surface area contributed by atoms with Crippen LogP contribution in [-0.4, -0.2) is 55.4 Å². The SMILES string of the molecule is CCN(CC)c1cc(Nc2nc(Cl)nc(Nc3ccc(OC)c(N(CC)CC)c3)n2)ccc1OC. The first-order valence-corrected chi connectivity index (χ1v) is 12.1. The van der Waals surface area contributed by atoms with Gasteiger partial charge >= 0.3 is 0 Å². The number of rotatable bonds is 12. The lowest BCUT2D eigenvalue weighted by atomic mass is 10.2. The minimum atomic E-state index is 0.0833. The van der Waals surface area contributed by atoms with Gasteiger partial charge < -0.3 is 29.9 Å². The lowest BCUT2D eigenvalue weighted by molar-refractivity contribution is 0.414. The van der Waals surface area contributed by atoms with Gasteiger partial charge in [-0.05, 0) is 75.7 Å². The van der Waals surface area contributed by atoms with E-state index in [0.29, 0.717) is 11.9 Å². The van der Waals surface area contributed by atoms with E-state index < -0.39 is 0 Å². The van der Waals surface area contributed by atoms with Gasteiger partial charge in [0.15, 0.2) is 0 Å². The molecule has 0 amide bonds. The lowest BCUT2D eigenvalue weighted by Crippen LogP contribution is -2.22. The number of hydrogen-bond acceptors (Lipinski definition) is 9. The molecule has 0 aliphatic rings. The van der Waals surface area contributed by atoms with Gasteiger partial charge in [-0.2, -0.15) is 15.0 Å². The number of methoxy groups -OCH3 is 2. The van der Waals surface area contributed by atoms with Crippen molar-refractivity contribution in [1.82, 2.24) is 15.0 Å². The van der Waals surface area contributed by atoms with E-state index in [1.807, 2.05) is 36.4 Å². The maximum Gasteiger partial charge on any atom is 0.233 e. The van der Waals surface area contributed by atoms with Crippen molar-refractivity contribution in [2.45, 2.75) is 27.7 Å². The molecule has 1 aromatic heterocycles. The summed E-state index contributed by atoms with van der Waals surface area (Å²) < 4.78 is 11.1. The summed E-state index contributed by atoms with van der Waals surface area (Å²) in [5.74, 6) is 2.28. The van der Waals surface area contributed by atoms with Crippen LogP contribution in [-0.2, 0) is 0 Å². The second-order valence-corrected chi connectivity index (χ2v) is 7.96. The highest BCUT2D eigenvalue weighted by molar-refractivity contribution is 6.28. The van der Waals surface area contributed by atoms with Gasteiger partial charge in [0.2, 0.25) is 17.2 Å². The molecular formula is C25H34ClN7O2. The summed E-state index contributed by atoms with van der Waals surface area (Å²) in [4.78, 5) is 17.4. The predicted molar refractivity (Wildman–Crippen MR) is 145 cm³/mol. The molecule has 0 atom stereocenters. The third-order valence-corrected chi connectivity index (χ3v) is 5.86. The molecule has 3 aromatic rings. The summed E-state index contributed by atoms with van der Waals surface area (Å²) in [5, 5.41) is 6.55. The van der Waals surface area contributed by atoms with Crippen molar-refractivity contribution < 1.29 is 9.47 Å². The standard InChI is InChI=1S/C25H34ClN7O2/c1-7-32(8-2)19-15-17(11-13-21(19)34-5)27-24-29-23(26)30-25(31-24)28-18-12-14-22(35-6)20(16-18)33(9-3)10-4/h11-16H,7-10H2,1-6H3,(H2,27,28,29,30,31). The van der Waals surface area contributed by atoms with Crippen molar-refractivity contribution in [3.8, 4) is 11.5 Å². The summed E-state index contributed by atoms with van der Waals surface area (Å²) in [5.41, 5.74) is 3.61. The third kappa shape index (κ3) is 6.36. The average Bonchev–Trinajstić information content (AvgIpc) is 2.85. The molecule has 0 aliphatic carbocycles. The number of nitrogens with one attached hydrogen (secondary N) is 2. The summed E-state index contributed by atoms with van der Waals surface area (Å²) in [6.45, 7) is 11.9. The Hall–Kier alpha value is -3.46. The molecule has 0 aliphatic heterocycles. The maximum absolute atomic E-state index is 6.23. The molecule has 0 fully saturated rings. The zero-order chi connectivity index (χ0) is 25.4. The zero-order valence-electron chi connectivity index (χ0n) is 21.2. The van der Waals surface area contributed by atoms with Crippen LogP contribution in [0.3, 0.4) is 0 Å². The van der Waals surface area contributed by atoms with Gasteiger partial charge in [-0.1, -0.05) is 0 Å². The van der Waals surface area contributed by atoms with E-state index in [0.717, 1.165) is 60.4 Å². The van der Waals surface area contributed by atoms with E-state index in [2.05, 4.69) is 63.1 Å². The Bertz CT molecular complexity index is 1040. The van der Waals surface area contributed by atoms with E-state index in [1.54, 1.807) is 14.2 Å². The second kappa shape index (κ2) is 12.3. The van der Waals surface area contributed by atoms with E-state index >= 15 is 0 Å². The number of anilines is 6. The monoisotopic (exact) mass is 499 g/mol. The van der Waals surface area contributed by atoms with Crippen LogP contribution in [0.25, 0.3) is 0 Å². The number of nitrogens with zero attached hydrogens (tertiary/aromatic N) is 5. The molecule has 0 spiro atoms. The Balaban J connectivity index is 1.88. The Morgan fingerprint density at radius 3 is 1.43 bits per heavy atom. The second-order valence-electron chi connectivity index (χ2n) is 7.62. The molecule has 0 bridgehead atoms. The highest BCUT2D eigenvalue weighted by Gasteiger charge is 2.14. The van der Waals surface area contributed by atoms with Gasteiger partial charge in [-0.25, -0.2) is 0 Å². The van der Waals surface area contributed by atoms with Crippen LogP contribution >= 0.6 is 11.6 Å². The molecule has 2 aromatic carbocycles. The third-order valence-electron chi connectivity index (χ3n) is 5.69. The predicted octanol–water partition coefficient (Wildman–Crippen LogP) is 5.72. The molecule has 0 unspecified atom stereocenters. The maximum atomic E-state index is 6.23. The van der Waals surface area contributed by atoms with Gasteiger partial charge in [0.25, 0.3) is 0 Å². The van der Waals surface area contributed by atoms with Crippen molar-refractivity contribution >= 4 is 46.2 Å². The normalized spacial score (nSPS) is 10.6. The van der Waals surface area contributed by atoms with Gasteiger partial charge in [0, 0.05) is 37.6 Å². The fourth-order valence-corrected chi connectivity index (χ4v) is 4.04. The number of aromatic nitrogens is 3. The number of benzene rings is 2. The van der Waals surface area contributed by atoms with Crippen LogP contribution < -0.4 is 29.9 Å². The van der Waals surface area contributed by atoms with Crippen molar-refractivity contribution in [3.05, 3.63) is 41.7 Å². The smallest absolute Gasteiger partial charge is 0.233 e. The molecule has 35 heavy (non-hydrogen) atoms. The minimum absolute atomic E-state index is 0.0833. The summed E-state index contributed by atoms with van der Waals surface area (Å²) in [6, 6.07) is 11.7. The summed E-state index contributed by atoms with van der Waals surface area (Å²) in [6.07, 6.45) is 0. The molecule has 1 heterocycles. The average molecular weight is 500 g/mol. The molecule has 2 N–H and O–H groups in total. The van der Waals surface area contributed by atoms with Crippen molar-refractivity contribution in [1.29, 1.82) is 0 Å². The summed E-state index contributed by atoms with van der Waals surface area (Å²) >= 11 is 6.23. The van der Waals surface area contributed by atoms with Gasteiger partial charge in [-0.15, -0.1) is 0 Å². The zero-order valence-corrected chi connectivity index (χ0v) is 22.0. The van der Waals surface area contributed by atoms with Crippen molar-refractivity contribution in [2.75, 3.05) is 60.8 Å². The highest BCUT2D eigenvalue weighted by atomic mass is 35.5. The fourth-order valence-electron chi connectivity index (χ4n) is 3.88. The highest BCUT2D eigenvalue weighted by Crippen LogP contribution is 2.33. The molecule has 0 saturated carbocycles. The van der Waals surface area contributed by atoms with Crippen molar-refractivity contribution in [3.63, 3.8) is 0 Å². The molecule has 188 valence electrons. The Labute approximate surface area is 212 Å². The van der Waals surface area contributed by atoms with E-state index in [4.69, 9.17) is 21.1 Å². The fraction of sp³-hybridized carbons (Fsp3) is 0.400. The first kappa shape index (κ1) is 26.2. The largest absolute Gasteiger partial charge is 0.495 e. The van der Waals surface area contributed by atoms with Gasteiger partial charge in [-0.3, -0.25) is 0 Å². The van der Waals surface area contributed by atoms with Crippen LogP contribution in [0.5, 0.6) is 11.5 Å². The Morgan fingerprint density at radius 1 is 0.686 bits per heavy atom. The van der Waals surface area contributed by atoms with E-state index in [-0.39, 0.29) is 5.28 Å². The van der Waals surface area contributed by atoms with Crippen molar-refractivity contribution in [2.24, 2.45) is 0 Å². The number of hydrogen-bond donors (Lipinski definition) is 2. The van der Waals surface area contributed by atoms with Crippen LogP contribution in [0.15, 0.2) is 36.4 Å². The molecule has 3 rings (SSSR count). The number of halogens is 1. The number of ether oxygens (including phenoxy) is 2. The molecule has 9 nitrogen and oxygen atoms in total. The van der Waals surface area contributed by atoms with E-state index in [9.17, 15) is 0 Å². The first-order chi connectivity index (χ1) is 17.0. The topological polar surface area (TPSA) is 87.7 Å². The van der Waals surface area contributed by atoms with Gasteiger partial charge in [0.05, 0.1) is 25.6 Å². The molecule has 0 radical (unpaired) electrons. The quantitative estimate of drug-likeness (QED) is 0.324. The first-order valence-electron chi connectivity index (χ1n) is 11.8.